The summed E-state index contributed by atoms with van der Waals surface area (Å²) in [6.45, 7) is 7.85. The molecule has 2 nitrogen and oxygen atoms in total. The van der Waals surface area contributed by atoms with Crippen molar-refractivity contribution in [2.24, 2.45) is 5.41 Å². The van der Waals surface area contributed by atoms with Gasteiger partial charge in [0.05, 0.1) is 11.6 Å². The van der Waals surface area contributed by atoms with Gasteiger partial charge in [-0.2, -0.15) is 5.26 Å². The van der Waals surface area contributed by atoms with Gasteiger partial charge in [-0.3, -0.25) is 0 Å². The minimum atomic E-state index is 0.307. The summed E-state index contributed by atoms with van der Waals surface area (Å²) in [5.41, 5.74) is 5.18. The monoisotopic (exact) mass is 254 g/mol. The fraction of sp³-hybridized carbons (Fsp3) is 0.471. The van der Waals surface area contributed by atoms with E-state index in [9.17, 15) is 0 Å². The van der Waals surface area contributed by atoms with Crippen LogP contribution < -0.4 is 5.32 Å². The topological polar surface area (TPSA) is 35.8 Å². The number of rotatable bonds is 3. The van der Waals surface area contributed by atoms with Crippen LogP contribution in [0.3, 0.4) is 0 Å². The van der Waals surface area contributed by atoms with E-state index < -0.39 is 0 Å². The highest BCUT2D eigenvalue weighted by molar-refractivity contribution is 5.48. The van der Waals surface area contributed by atoms with Gasteiger partial charge in [-0.15, -0.1) is 0 Å². The summed E-state index contributed by atoms with van der Waals surface area (Å²) in [6, 6.07) is 9.81. The molecule has 1 aromatic rings. The number of nitrogens with zero attached hydrogens (tertiary/aromatic N) is 1. The van der Waals surface area contributed by atoms with E-state index in [2.05, 4.69) is 32.2 Å². The van der Waals surface area contributed by atoms with E-state index in [0.717, 1.165) is 12.2 Å². The maximum Gasteiger partial charge on any atom is 0.0991 e. The zero-order valence-electron chi connectivity index (χ0n) is 12.1. The van der Waals surface area contributed by atoms with Crippen molar-refractivity contribution in [2.45, 2.75) is 40.0 Å². The molecule has 0 bridgehead atoms. The van der Waals surface area contributed by atoms with Gasteiger partial charge >= 0.3 is 0 Å². The number of nitrogens with one attached hydrogen (secondary N) is 1. The molecular formula is C17H22N2. The molecule has 1 aliphatic carbocycles. The molecule has 19 heavy (non-hydrogen) atoms. The summed E-state index contributed by atoms with van der Waals surface area (Å²) in [5, 5.41) is 12.3. The van der Waals surface area contributed by atoms with E-state index in [0.29, 0.717) is 11.0 Å². The van der Waals surface area contributed by atoms with E-state index in [1.807, 2.05) is 24.3 Å². The number of allylic oxidation sites excluding steroid dienone is 1. The Morgan fingerprint density at radius 3 is 2.53 bits per heavy atom. The molecule has 0 radical (unpaired) electrons. The Bertz CT molecular complexity index is 515. The van der Waals surface area contributed by atoms with E-state index in [1.165, 1.54) is 24.8 Å². The quantitative estimate of drug-likeness (QED) is 0.806. The lowest BCUT2D eigenvalue weighted by atomic mass is 9.73. The fourth-order valence-electron chi connectivity index (χ4n) is 2.92. The molecule has 0 amide bonds. The maximum absolute atomic E-state index is 8.79. The Morgan fingerprint density at radius 2 is 1.95 bits per heavy atom. The molecule has 0 spiro atoms. The minimum Gasteiger partial charge on any atom is -0.381 e. The summed E-state index contributed by atoms with van der Waals surface area (Å²) in [6.07, 6.45) is 3.81. The van der Waals surface area contributed by atoms with Crippen LogP contribution in [-0.2, 0) is 0 Å². The Hall–Kier alpha value is -1.75. The molecule has 1 N–H and O–H groups in total. The first kappa shape index (κ1) is 13.7. The Labute approximate surface area is 116 Å². The molecule has 0 atom stereocenters. The van der Waals surface area contributed by atoms with Crippen molar-refractivity contribution in [1.29, 1.82) is 5.26 Å². The van der Waals surface area contributed by atoms with Gasteiger partial charge in [0, 0.05) is 12.2 Å². The fourth-order valence-corrected chi connectivity index (χ4v) is 2.92. The van der Waals surface area contributed by atoms with Gasteiger partial charge in [0.25, 0.3) is 0 Å². The SMILES string of the molecule is CC1=C(CNc2ccc(C#N)cc2)C(C)(C)CCC1. The van der Waals surface area contributed by atoms with E-state index >= 15 is 0 Å². The van der Waals surface area contributed by atoms with Gasteiger partial charge in [0.15, 0.2) is 0 Å². The Balaban J connectivity index is 2.07. The lowest BCUT2D eigenvalue weighted by Gasteiger charge is -2.35. The van der Waals surface area contributed by atoms with Crippen LogP contribution in [0.2, 0.25) is 0 Å². The van der Waals surface area contributed by atoms with Crippen molar-refractivity contribution in [3.05, 3.63) is 41.0 Å². The second kappa shape index (κ2) is 5.48. The molecule has 0 aliphatic heterocycles. The third-order valence-electron chi connectivity index (χ3n) is 4.17. The zero-order valence-corrected chi connectivity index (χ0v) is 12.1. The molecule has 0 saturated carbocycles. The molecule has 2 heteroatoms. The lowest BCUT2D eigenvalue weighted by molar-refractivity contribution is 0.364. The summed E-state index contributed by atoms with van der Waals surface area (Å²) < 4.78 is 0. The molecule has 0 unspecified atom stereocenters. The second-order valence-corrected chi connectivity index (χ2v) is 6.04. The van der Waals surface area contributed by atoms with Gasteiger partial charge in [0.1, 0.15) is 0 Å². The Kier molecular flexibility index (Phi) is 3.95. The van der Waals surface area contributed by atoms with E-state index in [1.54, 1.807) is 5.57 Å². The van der Waals surface area contributed by atoms with Gasteiger partial charge < -0.3 is 5.32 Å². The van der Waals surface area contributed by atoms with Crippen LogP contribution in [0.15, 0.2) is 35.4 Å². The van der Waals surface area contributed by atoms with Crippen molar-refractivity contribution < 1.29 is 0 Å². The average molecular weight is 254 g/mol. The van der Waals surface area contributed by atoms with Crippen molar-refractivity contribution in [3.8, 4) is 6.07 Å². The van der Waals surface area contributed by atoms with E-state index in [4.69, 9.17) is 5.26 Å². The summed E-state index contributed by atoms with van der Waals surface area (Å²) in [5.74, 6) is 0. The average Bonchev–Trinajstić information content (AvgIpc) is 2.38. The normalized spacial score (nSPS) is 18.0. The number of hydrogen-bond donors (Lipinski definition) is 1. The zero-order chi connectivity index (χ0) is 13.9. The molecule has 100 valence electrons. The van der Waals surface area contributed by atoms with Gasteiger partial charge in [-0.05, 0) is 61.4 Å². The molecule has 1 aromatic carbocycles. The largest absolute Gasteiger partial charge is 0.381 e. The maximum atomic E-state index is 8.79. The van der Waals surface area contributed by atoms with Crippen LogP contribution in [0.4, 0.5) is 5.69 Å². The highest BCUT2D eigenvalue weighted by atomic mass is 14.9. The molecule has 0 fully saturated rings. The van der Waals surface area contributed by atoms with E-state index in [-0.39, 0.29) is 0 Å². The molecular weight excluding hydrogens is 232 g/mol. The van der Waals surface area contributed by atoms with Crippen molar-refractivity contribution in [1.82, 2.24) is 0 Å². The predicted molar refractivity (Wildman–Crippen MR) is 80.0 cm³/mol. The van der Waals surface area contributed by atoms with Crippen LogP contribution in [0, 0.1) is 16.7 Å². The van der Waals surface area contributed by atoms with Crippen molar-refractivity contribution >= 4 is 5.69 Å². The van der Waals surface area contributed by atoms with Crippen molar-refractivity contribution in [2.75, 3.05) is 11.9 Å². The predicted octanol–water partition coefficient (Wildman–Crippen LogP) is 4.50. The number of hydrogen-bond acceptors (Lipinski definition) is 2. The third kappa shape index (κ3) is 3.17. The molecule has 0 aromatic heterocycles. The van der Waals surface area contributed by atoms with Crippen LogP contribution in [0.25, 0.3) is 0 Å². The van der Waals surface area contributed by atoms with Crippen LogP contribution in [-0.4, -0.2) is 6.54 Å². The first-order valence-electron chi connectivity index (χ1n) is 6.96. The van der Waals surface area contributed by atoms with Crippen LogP contribution in [0.1, 0.15) is 45.6 Å². The van der Waals surface area contributed by atoms with Gasteiger partial charge in [-0.25, -0.2) is 0 Å². The Morgan fingerprint density at radius 1 is 1.26 bits per heavy atom. The highest BCUT2D eigenvalue weighted by Gasteiger charge is 2.27. The van der Waals surface area contributed by atoms with Crippen molar-refractivity contribution in [3.63, 3.8) is 0 Å². The first-order chi connectivity index (χ1) is 9.03. The summed E-state index contributed by atoms with van der Waals surface area (Å²) >= 11 is 0. The first-order valence-corrected chi connectivity index (χ1v) is 6.96. The minimum absolute atomic E-state index is 0.307. The van der Waals surface area contributed by atoms with Crippen LogP contribution >= 0.6 is 0 Å². The third-order valence-corrected chi connectivity index (χ3v) is 4.17. The molecule has 2 rings (SSSR count). The molecule has 0 saturated heterocycles. The van der Waals surface area contributed by atoms with Crippen LogP contribution in [0.5, 0.6) is 0 Å². The molecule has 1 aliphatic rings. The lowest BCUT2D eigenvalue weighted by Crippen LogP contribution is -2.25. The summed E-state index contributed by atoms with van der Waals surface area (Å²) in [4.78, 5) is 0. The molecule has 0 heterocycles. The number of benzene rings is 1. The van der Waals surface area contributed by atoms with Gasteiger partial charge in [-0.1, -0.05) is 19.4 Å². The smallest absolute Gasteiger partial charge is 0.0991 e. The summed E-state index contributed by atoms with van der Waals surface area (Å²) in [7, 11) is 0. The van der Waals surface area contributed by atoms with Gasteiger partial charge in [0.2, 0.25) is 0 Å². The number of anilines is 1. The number of nitriles is 1. The second-order valence-electron chi connectivity index (χ2n) is 6.04. The highest BCUT2D eigenvalue weighted by Crippen LogP contribution is 2.39. The standard InChI is InChI=1S/C17H22N2/c1-13-5-4-10-17(2,3)16(13)12-19-15-8-6-14(11-18)7-9-15/h6-9,19H,4-5,10,12H2,1-3H3.